The molecule has 1 fully saturated rings. The van der Waals surface area contributed by atoms with E-state index in [9.17, 15) is 9.59 Å². The summed E-state index contributed by atoms with van der Waals surface area (Å²) in [4.78, 5) is 32.5. The first-order valence-electron chi connectivity index (χ1n) is 9.22. The third kappa shape index (κ3) is 3.77. The molecule has 2 aromatic carbocycles. The molecule has 2 amide bonds. The van der Waals surface area contributed by atoms with Crippen LogP contribution in [0.3, 0.4) is 0 Å². The molecule has 0 bridgehead atoms. The molecule has 1 unspecified atom stereocenters. The molecule has 1 aliphatic rings. The average molecular weight is 412 g/mol. The maximum Gasteiger partial charge on any atom is 0.231 e. The van der Waals surface area contributed by atoms with Crippen molar-refractivity contribution in [3.8, 4) is 0 Å². The van der Waals surface area contributed by atoms with Gasteiger partial charge in [-0.05, 0) is 48.6 Å². The minimum atomic E-state index is -0.372. The summed E-state index contributed by atoms with van der Waals surface area (Å²) < 4.78 is 1.06. The average Bonchev–Trinajstić information content (AvgIpc) is 3.30. The van der Waals surface area contributed by atoms with E-state index in [4.69, 9.17) is 0 Å². The van der Waals surface area contributed by atoms with E-state index in [-0.39, 0.29) is 24.2 Å². The van der Waals surface area contributed by atoms with Crippen LogP contribution in [0.25, 0.3) is 10.2 Å². The number of anilines is 2. The number of carbonyl (C=O) groups is 2. The van der Waals surface area contributed by atoms with E-state index < -0.39 is 0 Å². The van der Waals surface area contributed by atoms with Gasteiger partial charge in [0.1, 0.15) is 0 Å². The fourth-order valence-electron chi connectivity index (χ4n) is 3.36. The van der Waals surface area contributed by atoms with E-state index in [0.29, 0.717) is 11.7 Å². The summed E-state index contributed by atoms with van der Waals surface area (Å²) in [5.74, 6) is -0.536. The highest BCUT2D eigenvalue weighted by Gasteiger charge is 2.35. The number of carbonyl (C=O) groups excluding carboxylic acids is 2. The Kier molecular flexibility index (Phi) is 5.37. The number of thioether (sulfide) groups is 1. The van der Waals surface area contributed by atoms with Crippen molar-refractivity contribution in [1.29, 1.82) is 0 Å². The summed E-state index contributed by atoms with van der Waals surface area (Å²) >= 11 is 3.10. The summed E-state index contributed by atoms with van der Waals surface area (Å²) in [7, 11) is 0. The maximum atomic E-state index is 12.7. The van der Waals surface area contributed by atoms with Crippen LogP contribution in [-0.2, 0) is 16.0 Å². The molecule has 2 heterocycles. The van der Waals surface area contributed by atoms with Crippen LogP contribution in [0.4, 0.5) is 10.8 Å². The third-order valence-corrected chi connectivity index (χ3v) is 6.61. The number of hydrogen-bond acceptors (Lipinski definition) is 5. The van der Waals surface area contributed by atoms with Crippen LogP contribution in [0.2, 0.25) is 0 Å². The highest BCUT2D eigenvalue weighted by molar-refractivity contribution is 7.98. The molecule has 1 atom stereocenters. The molecule has 0 saturated carbocycles. The Morgan fingerprint density at radius 3 is 2.96 bits per heavy atom. The van der Waals surface area contributed by atoms with Crippen LogP contribution in [0, 0.1) is 5.92 Å². The Balaban J connectivity index is 1.47. The largest absolute Gasteiger partial charge is 0.312 e. The van der Waals surface area contributed by atoms with Crippen LogP contribution in [0.1, 0.15) is 18.9 Å². The molecule has 1 saturated heterocycles. The predicted molar refractivity (Wildman–Crippen MR) is 116 cm³/mol. The Hall–Kier alpha value is -2.38. The van der Waals surface area contributed by atoms with E-state index >= 15 is 0 Å². The van der Waals surface area contributed by atoms with Crippen molar-refractivity contribution in [3.05, 3.63) is 48.0 Å². The van der Waals surface area contributed by atoms with Gasteiger partial charge < -0.3 is 10.2 Å². The van der Waals surface area contributed by atoms with E-state index in [1.165, 1.54) is 16.9 Å². The zero-order valence-electron chi connectivity index (χ0n) is 15.8. The number of benzene rings is 2. The monoisotopic (exact) mass is 411 g/mol. The van der Waals surface area contributed by atoms with Crippen LogP contribution in [0.15, 0.2) is 47.4 Å². The SMILES string of the molecule is CCc1ccc2nc(NC(=O)C3CC(=O)N(c4cccc(SC)c4)C3)sc2c1. The molecule has 1 aromatic heterocycles. The van der Waals surface area contributed by atoms with Crippen LogP contribution in [-0.4, -0.2) is 29.6 Å². The standard InChI is InChI=1S/C21H21N3O2S2/c1-3-13-7-8-17-18(9-13)28-21(22-17)23-20(26)14-10-19(25)24(12-14)15-5-4-6-16(11-15)27-2/h4-9,11,14H,3,10,12H2,1-2H3,(H,22,23,26). The number of hydrogen-bond donors (Lipinski definition) is 1. The molecule has 144 valence electrons. The van der Waals surface area contributed by atoms with Gasteiger partial charge in [-0.2, -0.15) is 0 Å². The van der Waals surface area contributed by atoms with E-state index in [1.54, 1.807) is 16.7 Å². The Bertz CT molecular complexity index is 1050. The van der Waals surface area contributed by atoms with E-state index in [1.807, 2.05) is 36.6 Å². The lowest BCUT2D eigenvalue weighted by Crippen LogP contribution is -2.28. The molecular formula is C21H21N3O2S2. The fourth-order valence-corrected chi connectivity index (χ4v) is 4.75. The number of thiazole rings is 1. The van der Waals surface area contributed by atoms with Gasteiger partial charge in [0, 0.05) is 23.5 Å². The minimum Gasteiger partial charge on any atom is -0.312 e. The van der Waals surface area contributed by atoms with Crippen LogP contribution in [0.5, 0.6) is 0 Å². The predicted octanol–water partition coefficient (Wildman–Crippen LogP) is 4.57. The first-order valence-corrected chi connectivity index (χ1v) is 11.3. The normalized spacial score (nSPS) is 16.7. The second-order valence-corrected chi connectivity index (χ2v) is 8.68. The molecule has 3 aromatic rings. The Labute approximate surface area is 172 Å². The van der Waals surface area contributed by atoms with Crippen molar-refractivity contribution in [2.45, 2.75) is 24.7 Å². The molecule has 0 spiro atoms. The quantitative estimate of drug-likeness (QED) is 0.625. The van der Waals surface area contributed by atoms with Gasteiger partial charge in [0.25, 0.3) is 0 Å². The first kappa shape index (κ1) is 19.0. The van der Waals surface area contributed by atoms with Crippen molar-refractivity contribution in [2.75, 3.05) is 23.0 Å². The summed E-state index contributed by atoms with van der Waals surface area (Å²) in [5.41, 5.74) is 2.98. The van der Waals surface area contributed by atoms with Gasteiger partial charge in [0.15, 0.2) is 5.13 Å². The number of aryl methyl sites for hydroxylation is 1. The van der Waals surface area contributed by atoms with Gasteiger partial charge >= 0.3 is 0 Å². The number of nitrogens with zero attached hydrogens (tertiary/aromatic N) is 2. The molecule has 4 rings (SSSR count). The van der Waals surface area contributed by atoms with Gasteiger partial charge in [-0.25, -0.2) is 4.98 Å². The molecule has 0 aliphatic carbocycles. The molecule has 1 N–H and O–H groups in total. The van der Waals surface area contributed by atoms with Crippen LogP contribution >= 0.6 is 23.1 Å². The van der Waals surface area contributed by atoms with Gasteiger partial charge in [0.05, 0.1) is 16.1 Å². The zero-order valence-corrected chi connectivity index (χ0v) is 17.4. The smallest absolute Gasteiger partial charge is 0.231 e. The molecule has 7 heteroatoms. The molecule has 0 radical (unpaired) electrons. The Morgan fingerprint density at radius 1 is 1.32 bits per heavy atom. The maximum absolute atomic E-state index is 12.7. The van der Waals surface area contributed by atoms with Crippen molar-refractivity contribution < 1.29 is 9.59 Å². The van der Waals surface area contributed by atoms with Crippen molar-refractivity contribution in [2.24, 2.45) is 5.92 Å². The third-order valence-electron chi connectivity index (χ3n) is 4.95. The van der Waals surface area contributed by atoms with Gasteiger partial charge in [-0.15, -0.1) is 11.8 Å². The van der Waals surface area contributed by atoms with Crippen molar-refractivity contribution in [1.82, 2.24) is 4.98 Å². The Morgan fingerprint density at radius 2 is 2.18 bits per heavy atom. The lowest BCUT2D eigenvalue weighted by molar-refractivity contribution is -0.122. The van der Waals surface area contributed by atoms with Gasteiger partial charge in [-0.1, -0.05) is 30.4 Å². The first-order chi connectivity index (χ1) is 13.6. The second-order valence-electron chi connectivity index (χ2n) is 6.77. The van der Waals surface area contributed by atoms with Crippen LogP contribution < -0.4 is 10.2 Å². The minimum absolute atomic E-state index is 0.0182. The van der Waals surface area contributed by atoms with Crippen molar-refractivity contribution >= 4 is 55.9 Å². The molecule has 5 nitrogen and oxygen atoms in total. The van der Waals surface area contributed by atoms with Gasteiger partial charge in [0.2, 0.25) is 11.8 Å². The summed E-state index contributed by atoms with van der Waals surface area (Å²) in [6, 6.07) is 14.0. The summed E-state index contributed by atoms with van der Waals surface area (Å²) in [6.45, 7) is 2.51. The fraction of sp³-hybridized carbons (Fsp3) is 0.286. The lowest BCUT2D eigenvalue weighted by Gasteiger charge is -2.17. The number of amides is 2. The summed E-state index contributed by atoms with van der Waals surface area (Å²) in [6.07, 6.45) is 3.19. The molecule has 28 heavy (non-hydrogen) atoms. The lowest BCUT2D eigenvalue weighted by atomic mass is 10.1. The topological polar surface area (TPSA) is 62.3 Å². The molecular weight excluding hydrogens is 390 g/mol. The van der Waals surface area contributed by atoms with E-state index in [0.717, 1.165) is 27.2 Å². The highest BCUT2D eigenvalue weighted by atomic mass is 32.2. The molecule has 1 aliphatic heterocycles. The zero-order chi connectivity index (χ0) is 19.7. The summed E-state index contributed by atoms with van der Waals surface area (Å²) in [5, 5.41) is 3.50. The number of fused-ring (bicyclic) bond motifs is 1. The number of rotatable bonds is 5. The number of aromatic nitrogens is 1. The van der Waals surface area contributed by atoms with E-state index in [2.05, 4.69) is 29.4 Å². The highest BCUT2D eigenvalue weighted by Crippen LogP contribution is 2.31. The number of nitrogens with one attached hydrogen (secondary N) is 1. The second kappa shape index (κ2) is 7.93. The van der Waals surface area contributed by atoms with Crippen molar-refractivity contribution in [3.63, 3.8) is 0 Å². The van der Waals surface area contributed by atoms with Gasteiger partial charge in [-0.3, -0.25) is 9.59 Å².